The molecule has 3 N–H and O–H groups in total. The van der Waals surface area contributed by atoms with Crippen LogP contribution in [0.4, 0.5) is 14.6 Å². The normalized spacial score (nSPS) is 16.2. The molecule has 1 aromatic heterocycles. The molecule has 5 nitrogen and oxygen atoms in total. The van der Waals surface area contributed by atoms with E-state index in [1.807, 2.05) is 6.07 Å². The van der Waals surface area contributed by atoms with Gasteiger partial charge < -0.3 is 15.7 Å². The molecule has 0 amide bonds. The lowest BCUT2D eigenvalue weighted by Crippen LogP contribution is -2.53. The van der Waals surface area contributed by atoms with Crippen LogP contribution in [-0.2, 0) is 17.6 Å². The number of carbonyl (C=O) groups is 1. The Labute approximate surface area is 147 Å². The summed E-state index contributed by atoms with van der Waals surface area (Å²) in [7, 11) is 0. The molecule has 1 unspecified atom stereocenters. The Morgan fingerprint density at radius 2 is 2.24 bits per heavy atom. The lowest BCUT2D eigenvalue weighted by Gasteiger charge is -2.29. The molecule has 25 heavy (non-hydrogen) atoms. The van der Waals surface area contributed by atoms with Crippen LogP contribution in [0.2, 0.25) is 0 Å². The number of carboxylic acid groups (broad SMARTS) is 1. The molecule has 140 valence electrons. The number of nitrogens with one attached hydrogen (secondary N) is 2. The summed E-state index contributed by atoms with van der Waals surface area (Å²) < 4.78 is 25.4. The summed E-state index contributed by atoms with van der Waals surface area (Å²) in [5, 5.41) is 15.4. The average molecular weight is 355 g/mol. The molecule has 0 saturated heterocycles. The van der Waals surface area contributed by atoms with Crippen LogP contribution < -0.4 is 10.6 Å². The second-order valence-electron chi connectivity index (χ2n) is 6.56. The smallest absolute Gasteiger partial charge is 0.324 e. The van der Waals surface area contributed by atoms with E-state index >= 15 is 0 Å². The van der Waals surface area contributed by atoms with Crippen LogP contribution in [0.1, 0.15) is 50.3 Å². The summed E-state index contributed by atoms with van der Waals surface area (Å²) in [6.07, 6.45) is 1.33. The zero-order valence-corrected chi connectivity index (χ0v) is 14.7. The number of unbranched alkanes of at least 4 members (excludes halogenated alkanes) is 1. The Hall–Kier alpha value is -1.76. The highest BCUT2D eigenvalue weighted by Crippen LogP contribution is 2.22. The Bertz CT molecular complexity index is 583. The molecular formula is C18H27F2N3O2. The lowest BCUT2D eigenvalue weighted by molar-refractivity contribution is -0.147. The number of alkyl halides is 2. The van der Waals surface area contributed by atoms with E-state index in [1.54, 1.807) is 6.92 Å². The van der Waals surface area contributed by atoms with Crippen LogP contribution in [0, 0.1) is 0 Å². The van der Waals surface area contributed by atoms with Crippen LogP contribution in [0.3, 0.4) is 0 Å². The van der Waals surface area contributed by atoms with Gasteiger partial charge in [-0.25, -0.2) is 13.8 Å². The third-order valence-electron chi connectivity index (χ3n) is 4.79. The molecule has 0 fully saturated rings. The van der Waals surface area contributed by atoms with Crippen molar-refractivity contribution in [1.82, 2.24) is 10.3 Å². The molecule has 0 aromatic carbocycles. The second-order valence-corrected chi connectivity index (χ2v) is 6.56. The van der Waals surface area contributed by atoms with Gasteiger partial charge in [0, 0.05) is 18.7 Å². The average Bonchev–Trinajstić information content (AvgIpc) is 2.59. The van der Waals surface area contributed by atoms with E-state index in [0.717, 1.165) is 43.7 Å². The number of aryl methyl sites for hydroxylation is 2. The Morgan fingerprint density at radius 1 is 1.44 bits per heavy atom. The van der Waals surface area contributed by atoms with E-state index in [9.17, 15) is 18.7 Å². The van der Waals surface area contributed by atoms with Crippen LogP contribution >= 0.6 is 0 Å². The van der Waals surface area contributed by atoms with Gasteiger partial charge in [0.1, 0.15) is 11.4 Å². The van der Waals surface area contributed by atoms with E-state index in [-0.39, 0.29) is 6.42 Å². The number of hydrogen-bond donors (Lipinski definition) is 3. The van der Waals surface area contributed by atoms with Gasteiger partial charge in [0.15, 0.2) is 0 Å². The Morgan fingerprint density at radius 3 is 2.92 bits per heavy atom. The lowest BCUT2D eigenvalue weighted by atomic mass is 9.92. The van der Waals surface area contributed by atoms with Gasteiger partial charge in [-0.05, 0) is 56.7 Å². The van der Waals surface area contributed by atoms with Gasteiger partial charge in [0.05, 0.1) is 0 Å². The predicted octanol–water partition coefficient (Wildman–Crippen LogP) is 3.24. The van der Waals surface area contributed by atoms with E-state index in [2.05, 4.69) is 21.7 Å². The number of pyridine rings is 1. The number of nitrogens with zero attached hydrogens (tertiary/aromatic N) is 1. The zero-order chi connectivity index (χ0) is 18.3. The van der Waals surface area contributed by atoms with Crippen molar-refractivity contribution in [2.24, 2.45) is 0 Å². The van der Waals surface area contributed by atoms with Gasteiger partial charge in [0.25, 0.3) is 0 Å². The fraction of sp³-hybridized carbons (Fsp3) is 0.667. The number of carboxylic acids is 1. The number of fused-ring (bicyclic) bond motifs is 1. The summed E-state index contributed by atoms with van der Waals surface area (Å²) in [4.78, 5) is 16.0. The molecule has 1 aliphatic heterocycles. The van der Waals surface area contributed by atoms with E-state index < -0.39 is 24.4 Å². The highest BCUT2D eigenvalue weighted by molar-refractivity contribution is 5.78. The predicted molar refractivity (Wildman–Crippen MR) is 93.3 cm³/mol. The standard InChI is InChI=1S/C18H27F2N3O2/c1-2-18(17(24)25,12-15(19)20)22-11-4-3-7-14-9-8-13-6-5-10-21-16(13)23-14/h8-9,15,22H,2-7,10-12H2,1H3,(H,21,23)(H,24,25). The van der Waals surface area contributed by atoms with Crippen molar-refractivity contribution in [3.63, 3.8) is 0 Å². The molecular weight excluding hydrogens is 328 g/mol. The summed E-state index contributed by atoms with van der Waals surface area (Å²) in [6.45, 7) is 2.97. The van der Waals surface area contributed by atoms with Crippen LogP contribution in [0.5, 0.6) is 0 Å². The number of hydrogen-bond acceptors (Lipinski definition) is 4. The van der Waals surface area contributed by atoms with E-state index in [4.69, 9.17) is 0 Å². The monoisotopic (exact) mass is 355 g/mol. The third kappa shape index (κ3) is 5.36. The largest absolute Gasteiger partial charge is 0.480 e. The minimum absolute atomic E-state index is 0.130. The molecule has 1 atom stereocenters. The van der Waals surface area contributed by atoms with Gasteiger partial charge in [-0.2, -0.15) is 0 Å². The first-order valence-corrected chi connectivity index (χ1v) is 8.96. The Balaban J connectivity index is 1.79. The van der Waals surface area contributed by atoms with Gasteiger partial charge in [-0.15, -0.1) is 0 Å². The van der Waals surface area contributed by atoms with Gasteiger partial charge >= 0.3 is 5.97 Å². The van der Waals surface area contributed by atoms with Gasteiger partial charge in [-0.1, -0.05) is 13.0 Å². The molecule has 0 spiro atoms. The number of rotatable bonds is 10. The van der Waals surface area contributed by atoms with E-state index in [0.29, 0.717) is 13.0 Å². The van der Waals surface area contributed by atoms with Crippen molar-refractivity contribution in [2.75, 3.05) is 18.4 Å². The quantitative estimate of drug-likeness (QED) is 0.562. The van der Waals surface area contributed by atoms with Crippen LogP contribution in [0.15, 0.2) is 12.1 Å². The van der Waals surface area contributed by atoms with Crippen molar-refractivity contribution < 1.29 is 18.7 Å². The number of anilines is 1. The fourth-order valence-electron chi connectivity index (χ4n) is 3.19. The van der Waals surface area contributed by atoms with Crippen LogP contribution in [-0.4, -0.2) is 41.1 Å². The van der Waals surface area contributed by atoms with E-state index in [1.165, 1.54) is 5.56 Å². The zero-order valence-electron chi connectivity index (χ0n) is 14.7. The Kier molecular flexibility index (Phi) is 7.11. The van der Waals surface area contributed by atoms with Gasteiger partial charge in [0.2, 0.25) is 6.43 Å². The van der Waals surface area contributed by atoms with Crippen molar-refractivity contribution in [2.45, 2.75) is 63.8 Å². The molecule has 2 heterocycles. The molecule has 7 heteroatoms. The number of aromatic nitrogens is 1. The maximum Gasteiger partial charge on any atom is 0.324 e. The fourth-order valence-corrected chi connectivity index (χ4v) is 3.19. The SMILES string of the molecule is CCC(CC(F)F)(NCCCCc1ccc2c(n1)NCCC2)C(=O)O. The van der Waals surface area contributed by atoms with Crippen molar-refractivity contribution in [1.29, 1.82) is 0 Å². The summed E-state index contributed by atoms with van der Waals surface area (Å²) in [5.41, 5.74) is 0.709. The van der Waals surface area contributed by atoms with Gasteiger partial charge in [-0.3, -0.25) is 4.79 Å². The van der Waals surface area contributed by atoms with Crippen molar-refractivity contribution in [3.05, 3.63) is 23.4 Å². The molecule has 0 saturated carbocycles. The molecule has 0 radical (unpaired) electrons. The maximum atomic E-state index is 12.7. The highest BCUT2D eigenvalue weighted by Gasteiger charge is 2.38. The third-order valence-corrected chi connectivity index (χ3v) is 4.79. The van der Waals surface area contributed by atoms with Crippen molar-refractivity contribution in [3.8, 4) is 0 Å². The molecule has 0 bridgehead atoms. The summed E-state index contributed by atoms with van der Waals surface area (Å²) in [5.74, 6) is -0.243. The summed E-state index contributed by atoms with van der Waals surface area (Å²) >= 11 is 0. The maximum absolute atomic E-state index is 12.7. The minimum Gasteiger partial charge on any atom is -0.480 e. The molecule has 1 aliphatic rings. The first kappa shape index (κ1) is 19.6. The molecule has 1 aromatic rings. The molecule has 2 rings (SSSR count). The first-order valence-electron chi connectivity index (χ1n) is 8.96. The van der Waals surface area contributed by atoms with Crippen LogP contribution in [0.25, 0.3) is 0 Å². The second kappa shape index (κ2) is 9.08. The topological polar surface area (TPSA) is 74.2 Å². The number of aliphatic carboxylic acids is 1. The minimum atomic E-state index is -2.64. The van der Waals surface area contributed by atoms with Crippen molar-refractivity contribution >= 4 is 11.8 Å². The first-order chi connectivity index (χ1) is 12.0. The highest BCUT2D eigenvalue weighted by atomic mass is 19.3. The molecule has 0 aliphatic carbocycles. The summed E-state index contributed by atoms with van der Waals surface area (Å²) in [6, 6.07) is 4.14. The number of halogens is 2.